The predicted molar refractivity (Wildman–Crippen MR) is 87.2 cm³/mol. The van der Waals surface area contributed by atoms with Crippen LogP contribution in [0.2, 0.25) is 0 Å². The van der Waals surface area contributed by atoms with Crippen LogP contribution in [0.25, 0.3) is 11.4 Å². The zero-order valence-electron chi connectivity index (χ0n) is 12.2. The van der Waals surface area contributed by atoms with Crippen molar-refractivity contribution in [2.24, 2.45) is 7.05 Å². The van der Waals surface area contributed by atoms with Gasteiger partial charge in [-0.25, -0.2) is 4.98 Å². The lowest BCUT2D eigenvalue weighted by atomic mass is 10.0. The molecule has 2 aromatic heterocycles. The van der Waals surface area contributed by atoms with E-state index in [0.717, 1.165) is 35.3 Å². The first kappa shape index (κ1) is 13.3. The number of benzene rings is 1. The Morgan fingerprint density at radius 2 is 2.23 bits per heavy atom. The van der Waals surface area contributed by atoms with Crippen LogP contribution in [0.3, 0.4) is 0 Å². The summed E-state index contributed by atoms with van der Waals surface area (Å²) in [4.78, 5) is 4.69. The van der Waals surface area contributed by atoms with Gasteiger partial charge in [-0.05, 0) is 12.1 Å². The van der Waals surface area contributed by atoms with E-state index in [2.05, 4.69) is 26.8 Å². The minimum Gasteiger partial charge on any atom is -0.493 e. The number of nitrogens with zero attached hydrogens (tertiary/aromatic N) is 3. The number of thiazole rings is 1. The lowest BCUT2D eigenvalue weighted by Gasteiger charge is -2.26. The number of para-hydroxylation sites is 1. The summed E-state index contributed by atoms with van der Waals surface area (Å²) in [5.74, 6) is 0.967. The molecule has 0 spiro atoms. The maximum absolute atomic E-state index is 5.70. The zero-order chi connectivity index (χ0) is 14.9. The summed E-state index contributed by atoms with van der Waals surface area (Å²) in [5, 5.41) is 10.7. The third-order valence-electron chi connectivity index (χ3n) is 3.84. The fraction of sp³-hybridized carbons (Fsp3) is 0.250. The van der Waals surface area contributed by atoms with Crippen molar-refractivity contribution in [2.75, 3.05) is 11.9 Å². The summed E-state index contributed by atoms with van der Waals surface area (Å²) in [6.45, 7) is 0.731. The molecule has 1 atom stereocenters. The number of aromatic nitrogens is 3. The Kier molecular flexibility index (Phi) is 3.31. The molecule has 0 bridgehead atoms. The smallest absolute Gasteiger partial charge is 0.183 e. The van der Waals surface area contributed by atoms with Crippen LogP contribution in [-0.2, 0) is 7.05 Å². The number of hydrogen-bond acceptors (Lipinski definition) is 5. The lowest BCUT2D eigenvalue weighted by Crippen LogP contribution is -2.20. The number of rotatable bonds is 3. The van der Waals surface area contributed by atoms with Gasteiger partial charge in [-0.3, -0.25) is 4.68 Å². The Hall–Kier alpha value is -2.34. The fourth-order valence-electron chi connectivity index (χ4n) is 2.72. The van der Waals surface area contributed by atoms with Crippen molar-refractivity contribution < 1.29 is 4.74 Å². The van der Waals surface area contributed by atoms with Gasteiger partial charge in [-0.2, -0.15) is 5.10 Å². The van der Waals surface area contributed by atoms with Gasteiger partial charge in [0, 0.05) is 30.6 Å². The van der Waals surface area contributed by atoms with E-state index in [4.69, 9.17) is 4.74 Å². The molecule has 0 radical (unpaired) electrons. The molecule has 4 rings (SSSR count). The minimum absolute atomic E-state index is 0.246. The van der Waals surface area contributed by atoms with Crippen LogP contribution in [0.4, 0.5) is 5.13 Å². The van der Waals surface area contributed by atoms with E-state index >= 15 is 0 Å². The van der Waals surface area contributed by atoms with E-state index in [-0.39, 0.29) is 6.04 Å². The third kappa shape index (κ3) is 2.35. The van der Waals surface area contributed by atoms with E-state index in [0.29, 0.717) is 0 Å². The Morgan fingerprint density at radius 1 is 1.32 bits per heavy atom. The highest BCUT2D eigenvalue weighted by Gasteiger charge is 2.21. The van der Waals surface area contributed by atoms with E-state index in [9.17, 15) is 0 Å². The average Bonchev–Trinajstić information content (AvgIpc) is 3.16. The maximum atomic E-state index is 5.70. The Labute approximate surface area is 132 Å². The second-order valence-corrected chi connectivity index (χ2v) is 6.11. The molecule has 5 nitrogen and oxygen atoms in total. The highest BCUT2D eigenvalue weighted by molar-refractivity contribution is 7.14. The van der Waals surface area contributed by atoms with Crippen LogP contribution in [-0.4, -0.2) is 21.4 Å². The molecule has 6 heteroatoms. The van der Waals surface area contributed by atoms with Crippen molar-refractivity contribution in [3.8, 4) is 17.1 Å². The van der Waals surface area contributed by atoms with Crippen molar-refractivity contribution in [3.63, 3.8) is 0 Å². The molecular formula is C16H16N4OS. The van der Waals surface area contributed by atoms with Gasteiger partial charge in [0.15, 0.2) is 5.13 Å². The molecule has 0 aliphatic carbocycles. The van der Waals surface area contributed by atoms with Crippen LogP contribution >= 0.6 is 11.3 Å². The monoisotopic (exact) mass is 312 g/mol. The molecule has 0 amide bonds. The summed E-state index contributed by atoms with van der Waals surface area (Å²) < 4.78 is 7.54. The van der Waals surface area contributed by atoms with Crippen molar-refractivity contribution >= 4 is 16.5 Å². The molecule has 3 aromatic rings. The van der Waals surface area contributed by atoms with E-state index in [1.807, 2.05) is 36.0 Å². The van der Waals surface area contributed by atoms with E-state index in [1.165, 1.54) is 5.56 Å². The van der Waals surface area contributed by atoms with Crippen molar-refractivity contribution in [1.29, 1.82) is 0 Å². The SMILES string of the molecule is Cn1nccc1-c1csc(NC2CCOc3ccccc32)n1. The van der Waals surface area contributed by atoms with Crippen LogP contribution in [0.1, 0.15) is 18.0 Å². The van der Waals surface area contributed by atoms with Gasteiger partial charge in [0.05, 0.1) is 18.3 Å². The third-order valence-corrected chi connectivity index (χ3v) is 4.62. The Morgan fingerprint density at radius 3 is 3.09 bits per heavy atom. The normalized spacial score (nSPS) is 16.9. The van der Waals surface area contributed by atoms with Crippen molar-refractivity contribution in [1.82, 2.24) is 14.8 Å². The summed E-state index contributed by atoms with van der Waals surface area (Å²) in [7, 11) is 1.93. The molecule has 112 valence electrons. The summed E-state index contributed by atoms with van der Waals surface area (Å²) >= 11 is 1.62. The summed E-state index contributed by atoms with van der Waals surface area (Å²) in [5.41, 5.74) is 3.18. The summed E-state index contributed by atoms with van der Waals surface area (Å²) in [6.07, 6.45) is 2.73. The van der Waals surface area contributed by atoms with Crippen LogP contribution in [0, 0.1) is 0 Å². The standard InChI is InChI=1S/C16H16N4OS/c1-20-14(6-8-17-20)13-10-22-16(19-13)18-12-7-9-21-15-5-3-2-4-11(12)15/h2-6,8,10,12H,7,9H2,1H3,(H,18,19). The second kappa shape index (κ2) is 5.46. The largest absolute Gasteiger partial charge is 0.493 e. The second-order valence-electron chi connectivity index (χ2n) is 5.25. The minimum atomic E-state index is 0.246. The van der Waals surface area contributed by atoms with E-state index < -0.39 is 0 Å². The highest BCUT2D eigenvalue weighted by atomic mass is 32.1. The van der Waals surface area contributed by atoms with Gasteiger partial charge in [0.1, 0.15) is 11.4 Å². The van der Waals surface area contributed by atoms with Crippen LogP contribution < -0.4 is 10.1 Å². The number of aryl methyl sites for hydroxylation is 1. The van der Waals surface area contributed by atoms with Gasteiger partial charge in [0.25, 0.3) is 0 Å². The average molecular weight is 312 g/mol. The molecule has 22 heavy (non-hydrogen) atoms. The molecule has 0 saturated carbocycles. The maximum Gasteiger partial charge on any atom is 0.183 e. The molecule has 0 saturated heterocycles. The number of nitrogens with one attached hydrogen (secondary N) is 1. The number of hydrogen-bond donors (Lipinski definition) is 1. The number of anilines is 1. The van der Waals surface area contributed by atoms with Crippen LogP contribution in [0.15, 0.2) is 41.9 Å². The fourth-order valence-corrected chi connectivity index (χ4v) is 3.48. The molecule has 1 aliphatic heterocycles. The topological polar surface area (TPSA) is 52.0 Å². The lowest BCUT2D eigenvalue weighted by molar-refractivity contribution is 0.274. The van der Waals surface area contributed by atoms with Gasteiger partial charge >= 0.3 is 0 Å². The first-order valence-electron chi connectivity index (χ1n) is 7.23. The van der Waals surface area contributed by atoms with Gasteiger partial charge in [0.2, 0.25) is 0 Å². The van der Waals surface area contributed by atoms with Gasteiger partial charge < -0.3 is 10.1 Å². The Bertz CT molecular complexity index is 795. The highest BCUT2D eigenvalue weighted by Crippen LogP contribution is 2.35. The summed E-state index contributed by atoms with van der Waals surface area (Å²) in [6, 6.07) is 10.4. The molecule has 1 aromatic carbocycles. The first-order valence-corrected chi connectivity index (χ1v) is 8.11. The van der Waals surface area contributed by atoms with Crippen LogP contribution in [0.5, 0.6) is 5.75 Å². The molecule has 3 heterocycles. The number of ether oxygens (including phenoxy) is 1. The molecule has 1 aliphatic rings. The zero-order valence-corrected chi connectivity index (χ0v) is 13.0. The molecule has 0 fully saturated rings. The van der Waals surface area contributed by atoms with Crippen molar-refractivity contribution in [3.05, 3.63) is 47.5 Å². The van der Waals surface area contributed by atoms with Gasteiger partial charge in [-0.1, -0.05) is 18.2 Å². The number of fused-ring (bicyclic) bond motifs is 1. The van der Waals surface area contributed by atoms with E-state index in [1.54, 1.807) is 17.5 Å². The predicted octanol–water partition coefficient (Wildman–Crippen LogP) is 3.48. The Balaban J connectivity index is 1.58. The first-order chi connectivity index (χ1) is 10.8. The molecule has 1 N–H and O–H groups in total. The van der Waals surface area contributed by atoms with Crippen molar-refractivity contribution in [2.45, 2.75) is 12.5 Å². The quantitative estimate of drug-likeness (QED) is 0.804. The molecule has 1 unspecified atom stereocenters. The molecular weight excluding hydrogens is 296 g/mol. The van der Waals surface area contributed by atoms with Gasteiger partial charge in [-0.15, -0.1) is 11.3 Å².